The number of amides is 1. The number of benzene rings is 3. The molecule has 1 heterocycles. The van der Waals surface area contributed by atoms with Gasteiger partial charge in [-0.2, -0.15) is 0 Å². The Kier molecular flexibility index (Phi) is 9.77. The molecule has 0 unspecified atom stereocenters. The van der Waals surface area contributed by atoms with Crippen molar-refractivity contribution in [3.8, 4) is 11.3 Å². The second kappa shape index (κ2) is 13.4. The fourth-order valence-electron chi connectivity index (χ4n) is 4.31. The van der Waals surface area contributed by atoms with Crippen LogP contribution in [0.25, 0.3) is 11.3 Å². The fourth-order valence-corrected chi connectivity index (χ4v) is 4.51. The van der Waals surface area contributed by atoms with E-state index in [9.17, 15) is 14.7 Å². The van der Waals surface area contributed by atoms with Crippen LogP contribution >= 0.6 is 11.6 Å². The molecule has 0 radical (unpaired) electrons. The highest BCUT2D eigenvalue weighted by Crippen LogP contribution is 2.27. The Bertz CT molecular complexity index is 1450. The van der Waals surface area contributed by atoms with Gasteiger partial charge in [0.2, 0.25) is 0 Å². The highest BCUT2D eigenvalue weighted by Gasteiger charge is 2.18. The minimum atomic E-state index is -0.548. The minimum absolute atomic E-state index is 0.158. The number of nitrogens with one attached hydrogen (secondary N) is 2. The number of esters is 1. The van der Waals surface area contributed by atoms with Crippen LogP contribution in [0.2, 0.25) is 5.02 Å². The molecule has 0 fully saturated rings. The molecule has 1 amide bonds. The van der Waals surface area contributed by atoms with E-state index in [1.165, 1.54) is 18.2 Å². The maximum absolute atomic E-state index is 13.1. The second-order valence-electron chi connectivity index (χ2n) is 9.72. The minimum Gasteiger partial charge on any atom is -0.465 e. The molecule has 0 saturated heterocycles. The number of aliphatic hydroxyl groups excluding tert-OH is 1. The number of furan rings is 1. The van der Waals surface area contributed by atoms with Crippen molar-refractivity contribution in [1.29, 1.82) is 0 Å². The summed E-state index contributed by atoms with van der Waals surface area (Å²) in [6, 6.07) is 23.8. The molecule has 1 aromatic heterocycles. The molecule has 0 spiro atoms. The molecule has 3 aromatic carbocycles. The van der Waals surface area contributed by atoms with Gasteiger partial charge in [0.25, 0.3) is 5.91 Å². The molecule has 4 aromatic rings. The van der Waals surface area contributed by atoms with Crippen molar-refractivity contribution in [3.63, 3.8) is 0 Å². The normalized spacial score (nSPS) is 12.5. The summed E-state index contributed by atoms with van der Waals surface area (Å²) >= 11 is 6.38. The number of aliphatic hydroxyl groups is 1. The number of halogens is 1. The number of hydrogen-bond acceptors (Lipinski definition) is 6. The van der Waals surface area contributed by atoms with Crippen molar-refractivity contribution < 1.29 is 23.8 Å². The van der Waals surface area contributed by atoms with Crippen LogP contribution in [-0.4, -0.2) is 36.7 Å². The van der Waals surface area contributed by atoms with E-state index in [4.69, 9.17) is 20.8 Å². The van der Waals surface area contributed by atoms with Crippen LogP contribution in [0.4, 0.5) is 0 Å². The van der Waals surface area contributed by atoms with Crippen LogP contribution in [0.5, 0.6) is 0 Å². The average Bonchev–Trinajstić information content (AvgIpc) is 3.45. The van der Waals surface area contributed by atoms with Crippen molar-refractivity contribution in [2.45, 2.75) is 38.9 Å². The van der Waals surface area contributed by atoms with Crippen LogP contribution < -0.4 is 10.6 Å². The van der Waals surface area contributed by atoms with E-state index in [2.05, 4.69) is 48.7 Å². The van der Waals surface area contributed by atoms with Gasteiger partial charge in [0.1, 0.15) is 11.5 Å². The third-order valence-electron chi connectivity index (χ3n) is 6.73. The topological polar surface area (TPSA) is 101 Å². The molecule has 0 bridgehead atoms. The molecule has 4 rings (SSSR count). The van der Waals surface area contributed by atoms with Crippen molar-refractivity contribution in [3.05, 3.63) is 117 Å². The average molecular weight is 561 g/mol. The lowest BCUT2D eigenvalue weighted by Gasteiger charge is -2.17. The zero-order valence-corrected chi connectivity index (χ0v) is 23.5. The standard InChI is InChI=1S/C32H33ClN2O5/c1-20-4-8-23(9-5-20)21(2)34-18-27-13-15-30(40-27)25-12-14-29(33)28(17-25)31(37)35-26(19-36)16-22-6-10-24(11-7-22)32(38)39-3/h4-15,17,21,26,34,36H,16,18-19H2,1-3H3,(H,35,37)/t21-,26-/m1/s1. The number of hydrogen-bond donors (Lipinski definition) is 3. The summed E-state index contributed by atoms with van der Waals surface area (Å²) in [6.45, 7) is 4.46. The van der Waals surface area contributed by atoms with Crippen molar-refractivity contribution in [2.75, 3.05) is 13.7 Å². The van der Waals surface area contributed by atoms with E-state index in [-0.39, 0.29) is 18.2 Å². The molecular formula is C32H33ClN2O5. The lowest BCUT2D eigenvalue weighted by Crippen LogP contribution is -2.39. The van der Waals surface area contributed by atoms with Gasteiger partial charge >= 0.3 is 5.97 Å². The predicted molar refractivity (Wildman–Crippen MR) is 155 cm³/mol. The van der Waals surface area contributed by atoms with E-state index in [1.54, 1.807) is 42.5 Å². The highest BCUT2D eigenvalue weighted by molar-refractivity contribution is 6.34. The summed E-state index contributed by atoms with van der Waals surface area (Å²) in [6.07, 6.45) is 0.372. The molecule has 0 aliphatic carbocycles. The summed E-state index contributed by atoms with van der Waals surface area (Å²) < 4.78 is 10.8. The van der Waals surface area contributed by atoms with Gasteiger partial charge in [0, 0.05) is 11.6 Å². The third-order valence-corrected chi connectivity index (χ3v) is 7.06. The maximum atomic E-state index is 13.1. The van der Waals surface area contributed by atoms with Crippen LogP contribution in [0.15, 0.2) is 83.3 Å². The second-order valence-corrected chi connectivity index (χ2v) is 10.1. The van der Waals surface area contributed by atoms with Crippen LogP contribution in [-0.2, 0) is 17.7 Å². The molecular weight excluding hydrogens is 528 g/mol. The van der Waals surface area contributed by atoms with E-state index >= 15 is 0 Å². The molecule has 3 N–H and O–H groups in total. The quantitative estimate of drug-likeness (QED) is 0.198. The molecule has 208 valence electrons. The first-order chi connectivity index (χ1) is 19.3. The third kappa shape index (κ3) is 7.39. The Balaban J connectivity index is 1.40. The first kappa shape index (κ1) is 29.1. The van der Waals surface area contributed by atoms with Crippen molar-refractivity contribution >= 4 is 23.5 Å². The Morgan fingerprint density at radius 1 is 1.00 bits per heavy atom. The van der Waals surface area contributed by atoms with E-state index < -0.39 is 17.9 Å². The SMILES string of the molecule is COC(=O)c1ccc(C[C@H](CO)NC(=O)c2cc(-c3ccc(CN[C@H](C)c4ccc(C)cc4)o3)ccc2Cl)cc1. The number of aryl methyl sites for hydroxylation is 1. The lowest BCUT2D eigenvalue weighted by molar-refractivity contribution is 0.0600. The zero-order chi connectivity index (χ0) is 28.6. The van der Waals surface area contributed by atoms with E-state index in [0.717, 1.165) is 11.3 Å². The van der Waals surface area contributed by atoms with Crippen LogP contribution in [0.3, 0.4) is 0 Å². The molecule has 2 atom stereocenters. The number of carbonyl (C=O) groups is 2. The number of carbonyl (C=O) groups excluding carboxylic acids is 2. The van der Waals surface area contributed by atoms with Gasteiger partial charge < -0.3 is 24.9 Å². The number of rotatable bonds is 11. The smallest absolute Gasteiger partial charge is 0.337 e. The van der Waals surface area contributed by atoms with E-state index in [1.807, 2.05) is 12.1 Å². The summed E-state index contributed by atoms with van der Waals surface area (Å²) in [7, 11) is 1.32. The van der Waals surface area contributed by atoms with Gasteiger partial charge in [-0.05, 0) is 73.9 Å². The summed E-state index contributed by atoms with van der Waals surface area (Å²) in [5, 5.41) is 16.5. The first-order valence-corrected chi connectivity index (χ1v) is 13.4. The van der Waals surface area contributed by atoms with Crippen LogP contribution in [0.1, 0.15) is 56.1 Å². The van der Waals surface area contributed by atoms with E-state index in [0.29, 0.717) is 34.9 Å². The molecule has 0 aliphatic rings. The van der Waals surface area contributed by atoms with Gasteiger partial charge in [0.15, 0.2) is 0 Å². The first-order valence-electron chi connectivity index (χ1n) is 13.0. The maximum Gasteiger partial charge on any atom is 0.337 e. The summed E-state index contributed by atoms with van der Waals surface area (Å²) in [5.41, 5.74) is 4.69. The molecule has 8 heteroatoms. The molecule has 0 saturated carbocycles. The molecule has 40 heavy (non-hydrogen) atoms. The Morgan fingerprint density at radius 2 is 1.73 bits per heavy atom. The van der Waals surface area contributed by atoms with Gasteiger partial charge in [0.05, 0.1) is 42.5 Å². The van der Waals surface area contributed by atoms with Crippen molar-refractivity contribution in [1.82, 2.24) is 10.6 Å². The lowest BCUT2D eigenvalue weighted by atomic mass is 10.0. The van der Waals surface area contributed by atoms with Gasteiger partial charge in [-0.25, -0.2) is 4.79 Å². The van der Waals surface area contributed by atoms with Crippen LogP contribution in [0, 0.1) is 6.92 Å². The monoisotopic (exact) mass is 560 g/mol. The fraction of sp³-hybridized carbons (Fsp3) is 0.250. The van der Waals surface area contributed by atoms with Gasteiger partial charge in [-0.3, -0.25) is 4.79 Å². The van der Waals surface area contributed by atoms with Crippen molar-refractivity contribution in [2.24, 2.45) is 0 Å². The Labute approximate surface area is 239 Å². The number of ether oxygens (including phenoxy) is 1. The van der Waals surface area contributed by atoms with Gasteiger partial charge in [-0.15, -0.1) is 0 Å². The Hall–Kier alpha value is -3.91. The largest absolute Gasteiger partial charge is 0.465 e. The van der Waals surface area contributed by atoms with Gasteiger partial charge in [-0.1, -0.05) is 53.6 Å². The molecule has 7 nitrogen and oxygen atoms in total. The summed E-state index contributed by atoms with van der Waals surface area (Å²) in [5.74, 6) is 0.561. The molecule has 0 aliphatic heterocycles. The highest BCUT2D eigenvalue weighted by atomic mass is 35.5. The Morgan fingerprint density at radius 3 is 2.40 bits per heavy atom. The summed E-state index contributed by atoms with van der Waals surface area (Å²) in [4.78, 5) is 24.8. The zero-order valence-electron chi connectivity index (χ0n) is 22.7. The number of methoxy groups -OCH3 is 1. The predicted octanol–water partition coefficient (Wildman–Crippen LogP) is 5.88.